The van der Waals surface area contributed by atoms with Crippen LogP contribution in [0.15, 0.2) is 91.0 Å². The Morgan fingerprint density at radius 2 is 0.975 bits per heavy atom. The fourth-order valence-electron chi connectivity index (χ4n) is 5.59. The molecule has 1 saturated heterocycles. The third kappa shape index (κ3) is 7.17. The van der Waals surface area contributed by atoms with Crippen molar-refractivity contribution in [3.63, 3.8) is 0 Å². The van der Waals surface area contributed by atoms with Crippen molar-refractivity contribution in [2.24, 2.45) is 0 Å². The maximum Gasteiger partial charge on any atom is 0.146 e. The largest absolute Gasteiger partial charge is 0.370 e. The summed E-state index contributed by atoms with van der Waals surface area (Å²) in [5.74, 6) is 0. The summed E-state index contributed by atoms with van der Waals surface area (Å²) in [5, 5.41) is 4.00. The van der Waals surface area contributed by atoms with Gasteiger partial charge < -0.3 is 33.2 Å². The van der Waals surface area contributed by atoms with Gasteiger partial charge in [0.25, 0.3) is 0 Å². The number of ether oxygens (including phenoxy) is 7. The third-order valence-electron chi connectivity index (χ3n) is 7.34. The first-order chi connectivity index (χ1) is 19.7. The standard InChI is InChI=1S/C32H42O7P/c1-25-30(36-22-33-2)32(38-24-35-4)31(37-23-34-3)29(39-25)20-21-40(26-14-8-5-9-15-26,27-16-10-6-11-17-27)28-18-12-7-13-19-28/h5-19,25,29-32H,20-24H2,1-4H3/q+1/t25-,29-,30+,31+,32+/m0/s1. The van der Waals surface area contributed by atoms with Gasteiger partial charge in [0, 0.05) is 27.8 Å². The topological polar surface area (TPSA) is 64.6 Å². The van der Waals surface area contributed by atoms with Crippen molar-refractivity contribution in [1.29, 1.82) is 0 Å². The summed E-state index contributed by atoms with van der Waals surface area (Å²) < 4.78 is 40.9. The molecule has 1 fully saturated rings. The van der Waals surface area contributed by atoms with Gasteiger partial charge >= 0.3 is 0 Å². The molecule has 0 spiro atoms. The second-order valence-electron chi connectivity index (χ2n) is 9.82. The van der Waals surface area contributed by atoms with Crippen LogP contribution in [0, 0.1) is 0 Å². The van der Waals surface area contributed by atoms with Crippen molar-refractivity contribution in [3.8, 4) is 0 Å². The molecule has 1 heterocycles. The fourth-order valence-corrected chi connectivity index (χ4v) is 9.95. The summed E-state index contributed by atoms with van der Waals surface area (Å²) in [6.45, 7) is 2.35. The Morgan fingerprint density at radius 3 is 1.40 bits per heavy atom. The zero-order chi connectivity index (χ0) is 28.2. The van der Waals surface area contributed by atoms with Crippen LogP contribution in [0.4, 0.5) is 0 Å². The Balaban J connectivity index is 1.73. The van der Waals surface area contributed by atoms with E-state index in [1.54, 1.807) is 21.3 Å². The molecule has 3 aromatic carbocycles. The average molecular weight is 570 g/mol. The Hall–Kier alpha value is -2.19. The van der Waals surface area contributed by atoms with Crippen LogP contribution in [0.5, 0.6) is 0 Å². The fraction of sp³-hybridized carbons (Fsp3) is 0.438. The summed E-state index contributed by atoms with van der Waals surface area (Å²) >= 11 is 0. The monoisotopic (exact) mass is 569 g/mol. The summed E-state index contributed by atoms with van der Waals surface area (Å²) in [7, 11) is 2.77. The molecule has 0 aromatic heterocycles. The summed E-state index contributed by atoms with van der Waals surface area (Å²) in [5.41, 5.74) is 0. The van der Waals surface area contributed by atoms with Gasteiger partial charge in [0.05, 0.1) is 18.4 Å². The minimum absolute atomic E-state index is 0.110. The SMILES string of the molecule is COCO[C@@H]1[C@H](OCOC)[C@H](C)O[C@@H](CC[P+](c2ccccc2)(c2ccccc2)c2ccccc2)[C@H]1OCOC. The molecule has 0 amide bonds. The van der Waals surface area contributed by atoms with Crippen LogP contribution in [0.1, 0.15) is 13.3 Å². The Morgan fingerprint density at radius 1 is 0.575 bits per heavy atom. The molecule has 0 aliphatic carbocycles. The van der Waals surface area contributed by atoms with Gasteiger partial charge in [0.1, 0.15) is 61.9 Å². The Bertz CT molecular complexity index is 1010. The number of hydrogen-bond acceptors (Lipinski definition) is 7. The van der Waals surface area contributed by atoms with Crippen LogP contribution in [0.25, 0.3) is 0 Å². The van der Waals surface area contributed by atoms with E-state index in [0.717, 1.165) is 12.6 Å². The van der Waals surface area contributed by atoms with Gasteiger partial charge in [-0.25, -0.2) is 0 Å². The van der Waals surface area contributed by atoms with Crippen LogP contribution < -0.4 is 15.9 Å². The second kappa shape index (κ2) is 15.7. The summed E-state index contributed by atoms with van der Waals surface area (Å²) in [6, 6.07) is 32.6. The van der Waals surface area contributed by atoms with Crippen molar-refractivity contribution < 1.29 is 33.2 Å². The molecular formula is C32H42O7P+. The van der Waals surface area contributed by atoms with Crippen molar-refractivity contribution in [3.05, 3.63) is 91.0 Å². The highest BCUT2D eigenvalue weighted by atomic mass is 31.2. The predicted molar refractivity (Wildman–Crippen MR) is 159 cm³/mol. The highest BCUT2D eigenvalue weighted by Crippen LogP contribution is 2.56. The van der Waals surface area contributed by atoms with E-state index in [-0.39, 0.29) is 32.6 Å². The molecule has 40 heavy (non-hydrogen) atoms. The summed E-state index contributed by atoms with van der Waals surface area (Å²) in [6.07, 6.45) is -0.142. The van der Waals surface area contributed by atoms with Gasteiger partial charge in [0.2, 0.25) is 0 Å². The maximum absolute atomic E-state index is 6.65. The molecule has 0 radical (unpaired) electrons. The normalized spacial score (nSPS) is 23.2. The van der Waals surface area contributed by atoms with Crippen molar-refractivity contribution in [2.75, 3.05) is 47.9 Å². The van der Waals surface area contributed by atoms with E-state index < -0.39 is 25.6 Å². The quantitative estimate of drug-likeness (QED) is 0.202. The molecule has 3 aromatic rings. The van der Waals surface area contributed by atoms with E-state index in [0.29, 0.717) is 0 Å². The van der Waals surface area contributed by atoms with Gasteiger partial charge in [-0.1, -0.05) is 54.6 Å². The Labute approximate surface area is 239 Å². The van der Waals surface area contributed by atoms with Crippen LogP contribution in [-0.4, -0.2) is 78.4 Å². The van der Waals surface area contributed by atoms with Gasteiger partial charge in [-0.15, -0.1) is 0 Å². The lowest BCUT2D eigenvalue weighted by Crippen LogP contribution is -2.60. The van der Waals surface area contributed by atoms with Crippen LogP contribution >= 0.6 is 7.26 Å². The number of methoxy groups -OCH3 is 3. The zero-order valence-electron chi connectivity index (χ0n) is 23.9. The molecule has 1 aliphatic rings. The minimum atomic E-state index is -2.05. The molecule has 8 heteroatoms. The molecule has 0 saturated carbocycles. The van der Waals surface area contributed by atoms with E-state index >= 15 is 0 Å². The molecule has 5 atom stereocenters. The van der Waals surface area contributed by atoms with Gasteiger partial charge in [-0.05, 0) is 43.3 Å². The van der Waals surface area contributed by atoms with Crippen LogP contribution in [0.2, 0.25) is 0 Å². The molecular weight excluding hydrogens is 527 g/mol. The lowest BCUT2D eigenvalue weighted by Gasteiger charge is -2.45. The van der Waals surface area contributed by atoms with E-state index in [4.69, 9.17) is 33.2 Å². The lowest BCUT2D eigenvalue weighted by molar-refractivity contribution is -0.287. The van der Waals surface area contributed by atoms with Crippen molar-refractivity contribution in [1.82, 2.24) is 0 Å². The Kier molecular flexibility index (Phi) is 12.1. The van der Waals surface area contributed by atoms with Crippen LogP contribution in [0.3, 0.4) is 0 Å². The van der Waals surface area contributed by atoms with Crippen molar-refractivity contribution >= 4 is 23.2 Å². The van der Waals surface area contributed by atoms with E-state index in [2.05, 4.69) is 91.0 Å². The number of rotatable bonds is 15. The highest BCUT2D eigenvalue weighted by Gasteiger charge is 2.50. The number of benzene rings is 3. The number of hydrogen-bond donors (Lipinski definition) is 0. The van der Waals surface area contributed by atoms with Gasteiger partial charge in [0.15, 0.2) is 0 Å². The summed E-state index contributed by atoms with van der Waals surface area (Å²) in [4.78, 5) is 0. The zero-order valence-corrected chi connectivity index (χ0v) is 24.8. The predicted octanol–water partition coefficient (Wildman–Crippen LogP) is 4.13. The second-order valence-corrected chi connectivity index (χ2v) is 13.4. The van der Waals surface area contributed by atoms with E-state index in [1.165, 1.54) is 15.9 Å². The highest BCUT2D eigenvalue weighted by molar-refractivity contribution is 7.95. The first-order valence-corrected chi connectivity index (χ1v) is 15.6. The molecule has 0 bridgehead atoms. The first-order valence-electron chi connectivity index (χ1n) is 13.7. The molecule has 0 unspecified atom stereocenters. The van der Waals surface area contributed by atoms with E-state index in [9.17, 15) is 0 Å². The lowest BCUT2D eigenvalue weighted by atomic mass is 9.93. The molecule has 7 nitrogen and oxygen atoms in total. The van der Waals surface area contributed by atoms with Crippen molar-refractivity contribution in [2.45, 2.75) is 43.9 Å². The molecule has 216 valence electrons. The maximum atomic E-state index is 6.65. The molecule has 1 aliphatic heterocycles. The molecule has 4 rings (SSSR count). The first kappa shape index (κ1) is 30.8. The van der Waals surface area contributed by atoms with Gasteiger partial charge in [-0.2, -0.15) is 0 Å². The van der Waals surface area contributed by atoms with Crippen LogP contribution in [-0.2, 0) is 33.2 Å². The smallest absolute Gasteiger partial charge is 0.146 e. The van der Waals surface area contributed by atoms with Gasteiger partial charge in [-0.3, -0.25) is 0 Å². The molecule has 0 N–H and O–H groups in total. The van der Waals surface area contributed by atoms with E-state index in [1.807, 2.05) is 6.92 Å². The third-order valence-corrected chi connectivity index (χ3v) is 11.8. The minimum Gasteiger partial charge on any atom is -0.370 e. The average Bonchev–Trinajstić information content (AvgIpc) is 3.01.